The van der Waals surface area contributed by atoms with Crippen molar-refractivity contribution in [1.82, 2.24) is 10.6 Å². The topological polar surface area (TPSA) is 77.7 Å². The fraction of sp³-hybridized carbons (Fsp3) is 0.421. The van der Waals surface area contributed by atoms with E-state index in [1.807, 2.05) is 18.2 Å². The van der Waals surface area contributed by atoms with Gasteiger partial charge in [0.25, 0.3) is 0 Å². The summed E-state index contributed by atoms with van der Waals surface area (Å²) in [5.74, 6) is 0.434. The molecular formula is C19H25N3O3. The molecule has 0 saturated carbocycles. The van der Waals surface area contributed by atoms with Crippen molar-refractivity contribution < 1.29 is 14.3 Å². The van der Waals surface area contributed by atoms with E-state index in [4.69, 9.17) is 4.42 Å². The Bertz CT molecular complexity index is 662. The first-order chi connectivity index (χ1) is 12.0. The maximum Gasteiger partial charge on any atom is 0.315 e. The number of aliphatic hydroxyl groups is 1. The van der Waals surface area contributed by atoms with Gasteiger partial charge in [-0.2, -0.15) is 0 Å². The van der Waals surface area contributed by atoms with Gasteiger partial charge in [0.05, 0.1) is 12.8 Å². The average molecular weight is 343 g/mol. The SMILES string of the molecule is C[C@@](O)(CNC(=O)NC1CCN(c2ccccc2)CC1)c1ccco1. The minimum absolute atomic E-state index is 0.0925. The van der Waals surface area contributed by atoms with E-state index in [1.54, 1.807) is 19.1 Å². The molecular weight excluding hydrogens is 318 g/mol. The van der Waals surface area contributed by atoms with Gasteiger partial charge in [-0.3, -0.25) is 0 Å². The zero-order chi connectivity index (χ0) is 17.7. The predicted octanol–water partition coefficient (Wildman–Crippen LogP) is 2.46. The highest BCUT2D eigenvalue weighted by Gasteiger charge is 2.27. The number of amides is 2. The maximum atomic E-state index is 12.1. The fourth-order valence-corrected chi connectivity index (χ4v) is 3.08. The highest BCUT2D eigenvalue weighted by Crippen LogP contribution is 2.20. The molecule has 1 aliphatic heterocycles. The second-order valence-corrected chi connectivity index (χ2v) is 6.68. The number of carbonyl (C=O) groups excluding carboxylic acids is 1. The van der Waals surface area contributed by atoms with Gasteiger partial charge in [0.2, 0.25) is 0 Å². The Morgan fingerprint density at radius 1 is 1.24 bits per heavy atom. The summed E-state index contributed by atoms with van der Waals surface area (Å²) in [5, 5.41) is 16.1. The number of carbonyl (C=O) groups is 1. The molecule has 25 heavy (non-hydrogen) atoms. The molecule has 1 atom stereocenters. The number of para-hydroxylation sites is 1. The second kappa shape index (κ2) is 7.61. The van der Waals surface area contributed by atoms with Crippen molar-refractivity contribution in [2.24, 2.45) is 0 Å². The van der Waals surface area contributed by atoms with E-state index < -0.39 is 5.60 Å². The molecule has 2 amide bonds. The zero-order valence-electron chi connectivity index (χ0n) is 14.4. The molecule has 2 heterocycles. The Kier molecular flexibility index (Phi) is 5.28. The highest BCUT2D eigenvalue weighted by atomic mass is 16.4. The number of hydrogen-bond donors (Lipinski definition) is 3. The van der Waals surface area contributed by atoms with Crippen LogP contribution >= 0.6 is 0 Å². The van der Waals surface area contributed by atoms with Gasteiger partial charge in [-0.25, -0.2) is 4.79 Å². The molecule has 0 bridgehead atoms. The van der Waals surface area contributed by atoms with Crippen molar-refractivity contribution in [3.63, 3.8) is 0 Å². The smallest absolute Gasteiger partial charge is 0.315 e. The first-order valence-electron chi connectivity index (χ1n) is 8.65. The number of benzene rings is 1. The molecule has 2 aromatic rings. The van der Waals surface area contributed by atoms with E-state index in [2.05, 4.69) is 27.7 Å². The number of urea groups is 1. The van der Waals surface area contributed by atoms with Gasteiger partial charge in [0.15, 0.2) is 0 Å². The molecule has 1 aromatic carbocycles. The lowest BCUT2D eigenvalue weighted by molar-refractivity contribution is 0.0366. The van der Waals surface area contributed by atoms with Gasteiger partial charge in [-0.15, -0.1) is 0 Å². The van der Waals surface area contributed by atoms with Crippen LogP contribution < -0.4 is 15.5 Å². The van der Waals surface area contributed by atoms with Gasteiger partial charge < -0.3 is 25.1 Å². The summed E-state index contributed by atoms with van der Waals surface area (Å²) in [5.41, 5.74) is -0.00256. The Morgan fingerprint density at radius 2 is 1.96 bits per heavy atom. The van der Waals surface area contributed by atoms with Crippen molar-refractivity contribution >= 4 is 11.7 Å². The summed E-state index contributed by atoms with van der Waals surface area (Å²) in [6.45, 7) is 3.54. The minimum atomic E-state index is -1.22. The van der Waals surface area contributed by atoms with Crippen LogP contribution in [0.3, 0.4) is 0 Å². The number of anilines is 1. The van der Waals surface area contributed by atoms with Crippen LogP contribution in [0.5, 0.6) is 0 Å². The molecule has 1 saturated heterocycles. The maximum absolute atomic E-state index is 12.1. The quantitative estimate of drug-likeness (QED) is 0.779. The molecule has 0 aliphatic carbocycles. The Morgan fingerprint density at radius 3 is 2.60 bits per heavy atom. The lowest BCUT2D eigenvalue weighted by Gasteiger charge is -2.34. The fourth-order valence-electron chi connectivity index (χ4n) is 3.08. The van der Waals surface area contributed by atoms with Crippen LogP contribution in [0.25, 0.3) is 0 Å². The number of furan rings is 1. The summed E-state index contributed by atoms with van der Waals surface area (Å²) in [6, 6.07) is 13.6. The van der Waals surface area contributed by atoms with Crippen molar-refractivity contribution in [3.8, 4) is 0 Å². The van der Waals surface area contributed by atoms with Crippen molar-refractivity contribution in [3.05, 3.63) is 54.5 Å². The van der Waals surface area contributed by atoms with Crippen LogP contribution in [-0.2, 0) is 5.60 Å². The number of rotatable bonds is 5. The molecule has 1 fully saturated rings. The molecule has 0 spiro atoms. The van der Waals surface area contributed by atoms with Crippen molar-refractivity contribution in [1.29, 1.82) is 0 Å². The van der Waals surface area contributed by atoms with E-state index in [-0.39, 0.29) is 18.6 Å². The van der Waals surface area contributed by atoms with E-state index in [0.29, 0.717) is 5.76 Å². The van der Waals surface area contributed by atoms with Crippen molar-refractivity contribution in [2.75, 3.05) is 24.5 Å². The monoisotopic (exact) mass is 343 g/mol. The summed E-state index contributed by atoms with van der Waals surface area (Å²) in [6.07, 6.45) is 3.30. The molecule has 1 aromatic heterocycles. The number of piperidine rings is 1. The van der Waals surface area contributed by atoms with Gasteiger partial charge in [-0.1, -0.05) is 18.2 Å². The lowest BCUT2D eigenvalue weighted by atomic mass is 10.0. The second-order valence-electron chi connectivity index (χ2n) is 6.68. The third kappa shape index (κ3) is 4.54. The summed E-state index contributed by atoms with van der Waals surface area (Å²) >= 11 is 0. The van der Waals surface area contributed by atoms with Gasteiger partial charge in [-0.05, 0) is 44.0 Å². The standard InChI is InChI=1S/C19H25N3O3/c1-19(24,17-8-5-13-25-17)14-20-18(23)21-15-9-11-22(12-10-15)16-6-3-2-4-7-16/h2-8,13,15,24H,9-12,14H2,1H3,(H2,20,21,23)/t19-/m1/s1. The van der Waals surface area contributed by atoms with Crippen LogP contribution in [0.15, 0.2) is 53.1 Å². The summed E-state index contributed by atoms with van der Waals surface area (Å²) in [4.78, 5) is 14.4. The lowest BCUT2D eigenvalue weighted by Crippen LogP contribution is -2.50. The Labute approximate surface area is 147 Å². The van der Waals surface area contributed by atoms with Crippen LogP contribution in [0.2, 0.25) is 0 Å². The molecule has 1 aliphatic rings. The summed E-state index contributed by atoms with van der Waals surface area (Å²) in [7, 11) is 0. The molecule has 6 heteroatoms. The van der Waals surface area contributed by atoms with Gasteiger partial charge in [0, 0.05) is 24.8 Å². The Balaban J connectivity index is 1.42. The first kappa shape index (κ1) is 17.4. The third-order valence-electron chi connectivity index (χ3n) is 4.60. The molecule has 6 nitrogen and oxygen atoms in total. The van der Waals surface area contributed by atoms with E-state index in [1.165, 1.54) is 12.0 Å². The zero-order valence-corrected chi connectivity index (χ0v) is 14.4. The third-order valence-corrected chi connectivity index (χ3v) is 4.60. The van der Waals surface area contributed by atoms with Crippen molar-refractivity contribution in [2.45, 2.75) is 31.4 Å². The first-order valence-corrected chi connectivity index (χ1v) is 8.65. The molecule has 3 rings (SSSR count). The van der Waals surface area contributed by atoms with Crippen LogP contribution in [0.1, 0.15) is 25.5 Å². The van der Waals surface area contributed by atoms with E-state index >= 15 is 0 Å². The van der Waals surface area contributed by atoms with Gasteiger partial charge in [0.1, 0.15) is 11.4 Å². The van der Waals surface area contributed by atoms with Crippen LogP contribution in [0, 0.1) is 0 Å². The minimum Gasteiger partial charge on any atom is -0.466 e. The largest absolute Gasteiger partial charge is 0.466 e. The average Bonchev–Trinajstić information content (AvgIpc) is 3.17. The Hall–Kier alpha value is -2.47. The molecule has 0 radical (unpaired) electrons. The van der Waals surface area contributed by atoms with Gasteiger partial charge >= 0.3 is 6.03 Å². The number of nitrogens with one attached hydrogen (secondary N) is 2. The molecule has 0 unspecified atom stereocenters. The summed E-state index contributed by atoms with van der Waals surface area (Å²) < 4.78 is 5.21. The van der Waals surface area contributed by atoms with E-state index in [9.17, 15) is 9.90 Å². The van der Waals surface area contributed by atoms with Crippen LogP contribution in [-0.4, -0.2) is 36.8 Å². The molecule has 3 N–H and O–H groups in total. The molecule has 134 valence electrons. The highest BCUT2D eigenvalue weighted by molar-refractivity contribution is 5.74. The normalized spacial score (nSPS) is 17.8. The van der Waals surface area contributed by atoms with E-state index in [0.717, 1.165) is 25.9 Å². The number of nitrogens with zero attached hydrogens (tertiary/aromatic N) is 1. The number of hydrogen-bond acceptors (Lipinski definition) is 4. The van der Waals surface area contributed by atoms with Crippen LogP contribution in [0.4, 0.5) is 10.5 Å². The predicted molar refractivity (Wildman–Crippen MR) is 96.5 cm³/mol.